The largest absolute Gasteiger partial charge is 0.493 e. The highest BCUT2D eigenvalue weighted by Gasteiger charge is 2.13. The third-order valence-corrected chi connectivity index (χ3v) is 4.17. The molecule has 0 spiro atoms. The van der Waals surface area contributed by atoms with Crippen LogP contribution in [0.4, 0.5) is 0 Å². The fraction of sp³-hybridized carbons (Fsp3) is 0.350. The molecule has 0 aliphatic rings. The Morgan fingerprint density at radius 3 is 2.81 bits per heavy atom. The second-order valence-corrected chi connectivity index (χ2v) is 6.14. The molecular formula is C20H23N3O3. The number of carbonyl (C=O) groups is 1. The van der Waals surface area contributed by atoms with Gasteiger partial charge in [0.25, 0.3) is 0 Å². The number of nitrogens with zero attached hydrogens (tertiary/aromatic N) is 3. The highest BCUT2D eigenvalue weighted by Crippen LogP contribution is 2.25. The average molecular weight is 353 g/mol. The van der Waals surface area contributed by atoms with Crippen molar-refractivity contribution >= 4 is 16.7 Å². The molecule has 0 fully saturated rings. The monoisotopic (exact) mass is 353 g/mol. The Hall–Kier alpha value is -2.89. The number of fused-ring (bicyclic) bond motifs is 1. The van der Waals surface area contributed by atoms with Gasteiger partial charge in [-0.15, -0.1) is 0 Å². The van der Waals surface area contributed by atoms with Crippen molar-refractivity contribution < 1.29 is 14.1 Å². The van der Waals surface area contributed by atoms with Crippen LogP contribution in [0.1, 0.15) is 31.5 Å². The maximum absolute atomic E-state index is 12.2. The molecule has 0 saturated carbocycles. The van der Waals surface area contributed by atoms with Crippen molar-refractivity contribution in [2.75, 3.05) is 13.7 Å². The van der Waals surface area contributed by atoms with Crippen LogP contribution in [0.3, 0.4) is 0 Å². The molecule has 3 aromatic rings. The summed E-state index contributed by atoms with van der Waals surface area (Å²) in [5, 5.41) is 6.07. The number of aromatic nitrogens is 2. The van der Waals surface area contributed by atoms with E-state index in [0.29, 0.717) is 44.1 Å². The van der Waals surface area contributed by atoms with Crippen LogP contribution in [-0.2, 0) is 17.8 Å². The van der Waals surface area contributed by atoms with Gasteiger partial charge < -0.3 is 14.2 Å². The van der Waals surface area contributed by atoms with Crippen molar-refractivity contribution in [1.29, 1.82) is 0 Å². The molecule has 136 valence electrons. The summed E-state index contributed by atoms with van der Waals surface area (Å²) in [4.78, 5) is 18.0. The molecule has 0 radical (unpaired) electrons. The van der Waals surface area contributed by atoms with Gasteiger partial charge in [-0.2, -0.15) is 4.98 Å². The number of hydrogen-bond donors (Lipinski definition) is 0. The van der Waals surface area contributed by atoms with Crippen LogP contribution < -0.4 is 4.74 Å². The molecule has 3 rings (SSSR count). The lowest BCUT2D eigenvalue weighted by Crippen LogP contribution is -2.26. The van der Waals surface area contributed by atoms with Gasteiger partial charge in [-0.1, -0.05) is 48.5 Å². The predicted octanol–water partition coefficient (Wildman–Crippen LogP) is 3.60. The van der Waals surface area contributed by atoms with E-state index in [2.05, 4.69) is 22.3 Å². The lowest BCUT2D eigenvalue weighted by molar-refractivity contribution is -0.131. The molecule has 6 heteroatoms. The molecule has 1 heterocycles. The van der Waals surface area contributed by atoms with E-state index >= 15 is 0 Å². The summed E-state index contributed by atoms with van der Waals surface area (Å²) in [7, 11) is 1.74. The molecule has 0 saturated heterocycles. The van der Waals surface area contributed by atoms with Gasteiger partial charge in [-0.05, 0) is 17.9 Å². The van der Waals surface area contributed by atoms with Crippen molar-refractivity contribution in [2.45, 2.75) is 32.7 Å². The number of amides is 1. The van der Waals surface area contributed by atoms with Gasteiger partial charge in [0.1, 0.15) is 5.75 Å². The van der Waals surface area contributed by atoms with Gasteiger partial charge in [0.05, 0.1) is 13.2 Å². The summed E-state index contributed by atoms with van der Waals surface area (Å²) in [6.45, 7) is 2.78. The Labute approximate surface area is 152 Å². The van der Waals surface area contributed by atoms with E-state index < -0.39 is 0 Å². The van der Waals surface area contributed by atoms with Gasteiger partial charge in [0.15, 0.2) is 5.82 Å². The first-order valence-electron chi connectivity index (χ1n) is 8.83. The molecule has 1 amide bonds. The van der Waals surface area contributed by atoms with Crippen molar-refractivity contribution in [1.82, 2.24) is 15.0 Å². The van der Waals surface area contributed by atoms with Crippen LogP contribution >= 0.6 is 0 Å². The van der Waals surface area contributed by atoms with E-state index in [1.165, 1.54) is 0 Å². The van der Waals surface area contributed by atoms with E-state index in [-0.39, 0.29) is 5.91 Å². The Balaban J connectivity index is 1.46. The molecular weight excluding hydrogens is 330 g/mol. The Bertz CT molecular complexity index is 870. The maximum atomic E-state index is 12.2. The normalized spacial score (nSPS) is 10.8. The van der Waals surface area contributed by atoms with Crippen LogP contribution in [0.5, 0.6) is 5.75 Å². The molecule has 0 aliphatic heterocycles. The van der Waals surface area contributed by atoms with E-state index in [4.69, 9.17) is 9.26 Å². The Morgan fingerprint density at radius 1 is 1.19 bits per heavy atom. The van der Waals surface area contributed by atoms with Gasteiger partial charge in [-0.25, -0.2) is 0 Å². The SMILES string of the molecule is CCc1noc(CN(C)C(=O)CCCOc2cccc3ccccc23)n1. The van der Waals surface area contributed by atoms with Gasteiger partial charge >= 0.3 is 0 Å². The van der Waals surface area contributed by atoms with Crippen LogP contribution in [0, 0.1) is 0 Å². The van der Waals surface area contributed by atoms with Crippen molar-refractivity contribution in [2.24, 2.45) is 0 Å². The Morgan fingerprint density at radius 2 is 2.00 bits per heavy atom. The van der Waals surface area contributed by atoms with Crippen molar-refractivity contribution in [3.05, 3.63) is 54.2 Å². The van der Waals surface area contributed by atoms with Gasteiger partial charge in [-0.3, -0.25) is 4.79 Å². The number of hydrogen-bond acceptors (Lipinski definition) is 5. The van der Waals surface area contributed by atoms with E-state index in [9.17, 15) is 4.79 Å². The minimum absolute atomic E-state index is 0.0303. The lowest BCUT2D eigenvalue weighted by Gasteiger charge is -2.15. The predicted molar refractivity (Wildman–Crippen MR) is 98.8 cm³/mol. The molecule has 6 nitrogen and oxygen atoms in total. The summed E-state index contributed by atoms with van der Waals surface area (Å²) in [6, 6.07) is 14.1. The van der Waals surface area contributed by atoms with Crippen LogP contribution in [-0.4, -0.2) is 34.6 Å². The molecule has 0 bridgehead atoms. The summed E-state index contributed by atoms with van der Waals surface area (Å²) in [5.41, 5.74) is 0. The number of benzene rings is 2. The number of aryl methyl sites for hydroxylation is 1. The molecule has 0 aliphatic carbocycles. The first kappa shape index (κ1) is 17.9. The van der Waals surface area contributed by atoms with Crippen molar-refractivity contribution in [3.8, 4) is 5.75 Å². The lowest BCUT2D eigenvalue weighted by atomic mass is 10.1. The molecule has 1 aromatic heterocycles. The zero-order chi connectivity index (χ0) is 18.4. The standard InChI is InChI=1S/C20H23N3O3/c1-3-18-21-19(26-22-18)14-23(2)20(24)12-7-13-25-17-11-6-9-15-8-4-5-10-16(15)17/h4-6,8-11H,3,7,12-14H2,1-2H3. The first-order chi connectivity index (χ1) is 12.7. The molecule has 26 heavy (non-hydrogen) atoms. The average Bonchev–Trinajstić information content (AvgIpc) is 3.12. The number of rotatable bonds is 8. The maximum Gasteiger partial charge on any atom is 0.246 e. The van der Waals surface area contributed by atoms with E-state index in [0.717, 1.165) is 16.5 Å². The van der Waals surface area contributed by atoms with E-state index in [1.807, 2.05) is 37.3 Å². The molecule has 0 N–H and O–H groups in total. The highest BCUT2D eigenvalue weighted by atomic mass is 16.5. The van der Waals surface area contributed by atoms with Gasteiger partial charge in [0, 0.05) is 25.3 Å². The molecule has 0 atom stereocenters. The quantitative estimate of drug-likeness (QED) is 0.579. The first-order valence-corrected chi connectivity index (χ1v) is 8.83. The fourth-order valence-electron chi connectivity index (χ4n) is 2.71. The zero-order valence-electron chi connectivity index (χ0n) is 15.1. The second-order valence-electron chi connectivity index (χ2n) is 6.14. The number of carbonyl (C=O) groups excluding carboxylic acids is 1. The Kier molecular flexibility index (Phi) is 5.84. The van der Waals surface area contributed by atoms with Crippen LogP contribution in [0.25, 0.3) is 10.8 Å². The zero-order valence-corrected chi connectivity index (χ0v) is 15.1. The minimum Gasteiger partial charge on any atom is -0.493 e. The van der Waals surface area contributed by atoms with Crippen LogP contribution in [0.2, 0.25) is 0 Å². The third kappa shape index (κ3) is 4.39. The summed E-state index contributed by atoms with van der Waals surface area (Å²) in [5.74, 6) is 2.00. The summed E-state index contributed by atoms with van der Waals surface area (Å²) in [6.07, 6.45) is 1.78. The fourth-order valence-corrected chi connectivity index (χ4v) is 2.71. The third-order valence-electron chi connectivity index (χ3n) is 4.17. The smallest absolute Gasteiger partial charge is 0.246 e. The summed E-state index contributed by atoms with van der Waals surface area (Å²) < 4.78 is 11.0. The minimum atomic E-state index is 0.0303. The summed E-state index contributed by atoms with van der Waals surface area (Å²) >= 11 is 0. The second kappa shape index (κ2) is 8.47. The van der Waals surface area contributed by atoms with Gasteiger partial charge in [0.2, 0.25) is 11.8 Å². The van der Waals surface area contributed by atoms with E-state index in [1.54, 1.807) is 11.9 Å². The number of ether oxygens (including phenoxy) is 1. The molecule has 0 unspecified atom stereocenters. The molecule has 2 aromatic carbocycles. The highest BCUT2D eigenvalue weighted by molar-refractivity contribution is 5.88. The van der Waals surface area contributed by atoms with Crippen molar-refractivity contribution in [3.63, 3.8) is 0 Å². The van der Waals surface area contributed by atoms with Crippen LogP contribution in [0.15, 0.2) is 47.0 Å². The topological polar surface area (TPSA) is 68.5 Å².